The van der Waals surface area contributed by atoms with E-state index in [9.17, 15) is 4.79 Å². The molecule has 116 valence electrons. The van der Waals surface area contributed by atoms with Gasteiger partial charge in [-0.15, -0.1) is 11.3 Å². The summed E-state index contributed by atoms with van der Waals surface area (Å²) in [5, 5.41) is 0. The molecule has 0 N–H and O–H groups in total. The molecule has 3 nitrogen and oxygen atoms in total. The molecule has 1 amide bonds. The van der Waals surface area contributed by atoms with Crippen LogP contribution >= 0.6 is 22.9 Å². The molecule has 1 aliphatic rings. The molecule has 0 saturated heterocycles. The number of methoxy groups -OCH3 is 1. The zero-order chi connectivity index (χ0) is 15.5. The lowest BCUT2D eigenvalue weighted by Crippen LogP contribution is -2.35. The number of fused-ring (bicyclic) bond motifs is 1. The number of benzene rings is 1. The molecule has 5 heteroatoms. The molecule has 0 fully saturated rings. The first-order valence-corrected chi connectivity index (χ1v) is 8.53. The van der Waals surface area contributed by atoms with Crippen LogP contribution in [0.2, 0.25) is 4.34 Å². The Kier molecular flexibility index (Phi) is 4.69. The first kappa shape index (κ1) is 15.4. The van der Waals surface area contributed by atoms with Crippen molar-refractivity contribution < 1.29 is 9.53 Å². The van der Waals surface area contributed by atoms with Gasteiger partial charge in [0.05, 0.1) is 11.4 Å². The average Bonchev–Trinajstić information content (AvgIpc) is 2.92. The minimum atomic E-state index is 0.212. The van der Waals surface area contributed by atoms with Crippen LogP contribution in [0.1, 0.15) is 22.4 Å². The number of aryl methyl sites for hydroxylation is 1. The zero-order valence-electron chi connectivity index (χ0n) is 12.5. The molecule has 2 aromatic rings. The highest BCUT2D eigenvalue weighted by Crippen LogP contribution is 2.31. The summed E-state index contributed by atoms with van der Waals surface area (Å²) in [4.78, 5) is 15.6. The van der Waals surface area contributed by atoms with Crippen molar-refractivity contribution in [1.29, 1.82) is 0 Å². The molecule has 0 saturated carbocycles. The molecule has 0 radical (unpaired) electrons. The molecule has 1 aromatic heterocycles. The average molecular weight is 336 g/mol. The maximum absolute atomic E-state index is 12.4. The number of carbonyl (C=O) groups excluding carboxylic acids is 1. The van der Waals surface area contributed by atoms with E-state index >= 15 is 0 Å². The Bertz CT molecular complexity index is 666. The Balaban J connectivity index is 1.56. The van der Waals surface area contributed by atoms with Gasteiger partial charge in [0.25, 0.3) is 0 Å². The normalized spacial score (nSPS) is 13.8. The van der Waals surface area contributed by atoms with E-state index in [1.807, 2.05) is 35.2 Å². The Morgan fingerprint density at radius 1 is 1.36 bits per heavy atom. The summed E-state index contributed by atoms with van der Waals surface area (Å²) in [6.07, 6.45) is 2.22. The smallest absolute Gasteiger partial charge is 0.223 e. The third-order valence-corrected chi connectivity index (χ3v) is 5.34. The molecule has 0 bridgehead atoms. The van der Waals surface area contributed by atoms with E-state index in [2.05, 4.69) is 0 Å². The van der Waals surface area contributed by atoms with Gasteiger partial charge < -0.3 is 9.64 Å². The van der Waals surface area contributed by atoms with Gasteiger partial charge in [-0.05, 0) is 42.2 Å². The predicted molar refractivity (Wildman–Crippen MR) is 89.8 cm³/mol. The lowest BCUT2D eigenvalue weighted by atomic mass is 10.1. The third kappa shape index (κ3) is 3.45. The van der Waals surface area contributed by atoms with E-state index < -0.39 is 0 Å². The lowest BCUT2D eigenvalue weighted by Gasteiger charge is -2.27. The van der Waals surface area contributed by atoms with Gasteiger partial charge >= 0.3 is 0 Å². The van der Waals surface area contributed by atoms with Gasteiger partial charge in [-0.3, -0.25) is 4.79 Å². The van der Waals surface area contributed by atoms with Crippen LogP contribution in [0.4, 0.5) is 0 Å². The summed E-state index contributed by atoms with van der Waals surface area (Å²) in [5.74, 6) is 1.05. The molecule has 2 heterocycles. The highest BCUT2D eigenvalue weighted by molar-refractivity contribution is 7.16. The molecular weight excluding hydrogens is 318 g/mol. The molecule has 1 aromatic carbocycles. The fourth-order valence-corrected chi connectivity index (χ4v) is 4.01. The standard InChI is InChI=1S/C17H18ClNO2S/c1-21-14-5-2-12(3-6-14)4-7-17(20)19-9-8-15-13(11-19)10-16(18)22-15/h2-3,5-6,10H,4,7-9,11H2,1H3. The Hall–Kier alpha value is -1.52. The Morgan fingerprint density at radius 3 is 2.86 bits per heavy atom. The predicted octanol–water partition coefficient (Wildman–Crippen LogP) is 3.93. The van der Waals surface area contributed by atoms with Gasteiger partial charge in [-0.25, -0.2) is 0 Å². The van der Waals surface area contributed by atoms with Crippen molar-refractivity contribution in [1.82, 2.24) is 4.90 Å². The van der Waals surface area contributed by atoms with Gasteiger partial charge in [-0.2, -0.15) is 0 Å². The van der Waals surface area contributed by atoms with Crippen molar-refractivity contribution in [3.8, 4) is 5.75 Å². The summed E-state index contributed by atoms with van der Waals surface area (Å²) >= 11 is 7.68. The second-order valence-electron chi connectivity index (χ2n) is 5.41. The fraction of sp³-hybridized carbons (Fsp3) is 0.353. The van der Waals surface area contributed by atoms with Crippen molar-refractivity contribution in [2.45, 2.75) is 25.8 Å². The van der Waals surface area contributed by atoms with Crippen LogP contribution in [-0.2, 0) is 24.2 Å². The Labute approximate surface area is 139 Å². The quantitative estimate of drug-likeness (QED) is 0.847. The van der Waals surface area contributed by atoms with Crippen LogP contribution in [0.25, 0.3) is 0 Å². The van der Waals surface area contributed by atoms with Crippen molar-refractivity contribution in [2.24, 2.45) is 0 Å². The van der Waals surface area contributed by atoms with Gasteiger partial charge in [-0.1, -0.05) is 23.7 Å². The summed E-state index contributed by atoms with van der Waals surface area (Å²) in [6.45, 7) is 1.49. The number of nitrogens with zero attached hydrogens (tertiary/aromatic N) is 1. The number of ether oxygens (including phenoxy) is 1. The van der Waals surface area contributed by atoms with E-state index in [0.717, 1.165) is 35.0 Å². The zero-order valence-corrected chi connectivity index (χ0v) is 14.0. The molecule has 3 rings (SSSR count). The first-order valence-electron chi connectivity index (χ1n) is 7.33. The van der Waals surface area contributed by atoms with E-state index in [-0.39, 0.29) is 5.91 Å². The van der Waals surface area contributed by atoms with Crippen LogP contribution < -0.4 is 4.74 Å². The number of hydrogen-bond donors (Lipinski definition) is 0. The van der Waals surface area contributed by atoms with Crippen LogP contribution in [-0.4, -0.2) is 24.5 Å². The van der Waals surface area contributed by atoms with Crippen LogP contribution in [0, 0.1) is 0 Å². The van der Waals surface area contributed by atoms with E-state index in [0.29, 0.717) is 13.0 Å². The lowest BCUT2D eigenvalue weighted by molar-refractivity contribution is -0.132. The number of thiophene rings is 1. The fourth-order valence-electron chi connectivity index (χ4n) is 2.71. The number of carbonyl (C=O) groups is 1. The second-order valence-corrected chi connectivity index (χ2v) is 7.18. The maximum Gasteiger partial charge on any atom is 0.223 e. The van der Waals surface area contributed by atoms with Crippen molar-refractivity contribution >= 4 is 28.8 Å². The highest BCUT2D eigenvalue weighted by atomic mass is 35.5. The van der Waals surface area contributed by atoms with E-state index in [1.165, 1.54) is 10.4 Å². The Morgan fingerprint density at radius 2 is 2.14 bits per heavy atom. The molecule has 0 spiro atoms. The molecule has 0 aliphatic carbocycles. The second kappa shape index (κ2) is 6.71. The molecule has 0 atom stereocenters. The summed E-state index contributed by atoms with van der Waals surface area (Å²) in [7, 11) is 1.65. The summed E-state index contributed by atoms with van der Waals surface area (Å²) < 4.78 is 5.96. The minimum Gasteiger partial charge on any atom is -0.497 e. The van der Waals surface area contributed by atoms with Gasteiger partial charge in [0.2, 0.25) is 5.91 Å². The van der Waals surface area contributed by atoms with Crippen LogP contribution in [0.15, 0.2) is 30.3 Å². The SMILES string of the molecule is COc1ccc(CCC(=O)N2CCc3sc(Cl)cc3C2)cc1. The minimum absolute atomic E-state index is 0.212. The first-order chi connectivity index (χ1) is 10.7. The van der Waals surface area contributed by atoms with Crippen molar-refractivity contribution in [2.75, 3.05) is 13.7 Å². The highest BCUT2D eigenvalue weighted by Gasteiger charge is 2.22. The number of hydrogen-bond acceptors (Lipinski definition) is 3. The van der Waals surface area contributed by atoms with Gasteiger partial charge in [0.15, 0.2) is 0 Å². The van der Waals surface area contributed by atoms with E-state index in [1.54, 1.807) is 18.4 Å². The maximum atomic E-state index is 12.4. The van der Waals surface area contributed by atoms with Crippen molar-refractivity contribution in [3.63, 3.8) is 0 Å². The molecular formula is C17H18ClNO2S. The summed E-state index contributed by atoms with van der Waals surface area (Å²) in [6, 6.07) is 9.88. The third-order valence-electron chi connectivity index (χ3n) is 3.98. The van der Waals surface area contributed by atoms with Crippen molar-refractivity contribution in [3.05, 3.63) is 50.7 Å². The van der Waals surface area contributed by atoms with Crippen LogP contribution in [0.5, 0.6) is 5.75 Å². The molecule has 22 heavy (non-hydrogen) atoms. The number of amides is 1. The molecule has 0 unspecified atom stereocenters. The van der Waals surface area contributed by atoms with Gasteiger partial charge in [0, 0.05) is 24.4 Å². The number of halogens is 1. The largest absolute Gasteiger partial charge is 0.497 e. The van der Waals surface area contributed by atoms with Crippen LogP contribution in [0.3, 0.4) is 0 Å². The topological polar surface area (TPSA) is 29.5 Å². The monoisotopic (exact) mass is 335 g/mol. The summed E-state index contributed by atoms with van der Waals surface area (Å²) in [5.41, 5.74) is 2.37. The van der Waals surface area contributed by atoms with E-state index in [4.69, 9.17) is 16.3 Å². The number of rotatable bonds is 4. The molecule has 1 aliphatic heterocycles. The van der Waals surface area contributed by atoms with Gasteiger partial charge in [0.1, 0.15) is 5.75 Å².